The predicted molar refractivity (Wildman–Crippen MR) is 97.5 cm³/mol. The molecule has 0 aromatic heterocycles. The summed E-state index contributed by atoms with van der Waals surface area (Å²) in [6.07, 6.45) is 11.8. The van der Waals surface area contributed by atoms with Crippen LogP contribution >= 0.6 is 0 Å². The summed E-state index contributed by atoms with van der Waals surface area (Å²) in [4.78, 5) is 0. The van der Waals surface area contributed by atoms with Crippen molar-refractivity contribution in [3.8, 4) is 0 Å². The van der Waals surface area contributed by atoms with E-state index in [1.54, 1.807) is 0 Å². The maximum absolute atomic E-state index is 10.8. The van der Waals surface area contributed by atoms with E-state index < -0.39 is 0 Å². The van der Waals surface area contributed by atoms with Gasteiger partial charge in [-0.25, -0.2) is 0 Å². The molecular formula is C22H34O2. The Morgan fingerprint density at radius 3 is 2.54 bits per heavy atom. The molecular weight excluding hydrogens is 296 g/mol. The van der Waals surface area contributed by atoms with Crippen molar-refractivity contribution in [1.29, 1.82) is 0 Å². The summed E-state index contributed by atoms with van der Waals surface area (Å²) in [6.45, 7) is 9.45. The molecule has 0 heterocycles. The molecule has 2 nitrogen and oxygen atoms in total. The molecule has 3 fully saturated rings. The highest BCUT2D eigenvalue weighted by molar-refractivity contribution is 5.34. The molecule has 0 amide bonds. The lowest BCUT2D eigenvalue weighted by Gasteiger charge is -2.61. The van der Waals surface area contributed by atoms with Crippen LogP contribution in [0.5, 0.6) is 0 Å². The minimum absolute atomic E-state index is 0.131. The van der Waals surface area contributed by atoms with Gasteiger partial charge < -0.3 is 10.2 Å². The summed E-state index contributed by atoms with van der Waals surface area (Å²) in [5.74, 6) is 1.37. The number of hydrogen-bond acceptors (Lipinski definition) is 2. The molecule has 3 unspecified atom stereocenters. The highest BCUT2D eigenvalue weighted by atomic mass is 16.3. The quantitative estimate of drug-likeness (QED) is 0.636. The molecule has 0 bridgehead atoms. The van der Waals surface area contributed by atoms with E-state index in [2.05, 4.69) is 39.8 Å². The fourth-order valence-electron chi connectivity index (χ4n) is 7.44. The highest BCUT2D eigenvalue weighted by Gasteiger charge is 2.64. The largest absolute Gasteiger partial charge is 0.393 e. The fraction of sp³-hybridized carbons (Fsp3) is 0.818. The zero-order valence-corrected chi connectivity index (χ0v) is 15.8. The lowest BCUT2D eigenvalue weighted by molar-refractivity contribution is -0.0841. The SMILES string of the molecule is C/C=C1/C(O)C[C@@]2(C)C3CC=C4C[C@@H](O)CC[C@]4(C)C3CC[C@]12C. The summed E-state index contributed by atoms with van der Waals surface area (Å²) < 4.78 is 0. The zero-order valence-electron chi connectivity index (χ0n) is 15.8. The molecule has 2 heteroatoms. The van der Waals surface area contributed by atoms with Crippen molar-refractivity contribution >= 4 is 0 Å². The Bertz CT molecular complexity index is 605. The average Bonchev–Trinajstić information content (AvgIpc) is 2.73. The summed E-state index contributed by atoms with van der Waals surface area (Å²) in [5, 5.41) is 20.9. The molecule has 4 aliphatic carbocycles. The van der Waals surface area contributed by atoms with Crippen molar-refractivity contribution in [3.63, 3.8) is 0 Å². The van der Waals surface area contributed by atoms with Gasteiger partial charge in [0, 0.05) is 0 Å². The predicted octanol–water partition coefficient (Wildman–Crippen LogP) is 4.62. The Kier molecular flexibility index (Phi) is 3.65. The van der Waals surface area contributed by atoms with Crippen LogP contribution < -0.4 is 0 Å². The van der Waals surface area contributed by atoms with Crippen molar-refractivity contribution < 1.29 is 10.2 Å². The van der Waals surface area contributed by atoms with Gasteiger partial charge in [-0.05, 0) is 85.5 Å². The third kappa shape index (κ3) is 1.90. The van der Waals surface area contributed by atoms with Gasteiger partial charge in [0.25, 0.3) is 0 Å². The number of fused-ring (bicyclic) bond motifs is 5. The van der Waals surface area contributed by atoms with Crippen LogP contribution in [0, 0.1) is 28.1 Å². The number of hydrogen-bond donors (Lipinski definition) is 2. The molecule has 24 heavy (non-hydrogen) atoms. The fourth-order valence-corrected chi connectivity index (χ4v) is 7.44. The van der Waals surface area contributed by atoms with Crippen LogP contribution in [-0.4, -0.2) is 22.4 Å². The molecule has 4 aliphatic rings. The first-order valence-electron chi connectivity index (χ1n) is 9.98. The van der Waals surface area contributed by atoms with Crippen molar-refractivity contribution in [2.75, 3.05) is 0 Å². The van der Waals surface area contributed by atoms with Gasteiger partial charge in [0.05, 0.1) is 12.2 Å². The van der Waals surface area contributed by atoms with E-state index in [1.165, 1.54) is 24.0 Å². The first-order valence-corrected chi connectivity index (χ1v) is 9.98. The monoisotopic (exact) mass is 330 g/mol. The third-order valence-corrected chi connectivity index (χ3v) is 9.07. The maximum atomic E-state index is 10.8. The number of aliphatic hydroxyl groups excluding tert-OH is 2. The second kappa shape index (κ2) is 5.20. The Morgan fingerprint density at radius 1 is 1.08 bits per heavy atom. The van der Waals surface area contributed by atoms with Crippen molar-refractivity contribution in [1.82, 2.24) is 0 Å². The maximum Gasteiger partial charge on any atom is 0.0761 e. The molecule has 0 spiro atoms. The minimum Gasteiger partial charge on any atom is -0.393 e. The Labute approximate surface area is 147 Å². The second-order valence-corrected chi connectivity index (χ2v) is 9.74. The van der Waals surface area contributed by atoms with E-state index in [0.717, 1.165) is 32.1 Å². The Hall–Kier alpha value is -0.600. The van der Waals surface area contributed by atoms with Crippen molar-refractivity contribution in [2.24, 2.45) is 28.1 Å². The van der Waals surface area contributed by atoms with E-state index >= 15 is 0 Å². The first kappa shape index (κ1) is 16.8. The van der Waals surface area contributed by atoms with Crippen molar-refractivity contribution in [2.45, 2.75) is 84.8 Å². The molecule has 0 aromatic carbocycles. The van der Waals surface area contributed by atoms with E-state index in [9.17, 15) is 10.2 Å². The lowest BCUT2D eigenvalue weighted by Crippen LogP contribution is -2.54. The van der Waals surface area contributed by atoms with Crippen LogP contribution in [-0.2, 0) is 0 Å². The van der Waals surface area contributed by atoms with Gasteiger partial charge in [-0.2, -0.15) is 0 Å². The molecule has 3 saturated carbocycles. The topological polar surface area (TPSA) is 40.5 Å². The summed E-state index contributed by atoms with van der Waals surface area (Å²) in [6, 6.07) is 0. The number of allylic oxidation sites excluding steroid dienone is 2. The minimum atomic E-state index is -0.255. The Morgan fingerprint density at radius 2 is 1.83 bits per heavy atom. The van der Waals surface area contributed by atoms with E-state index in [1.807, 2.05) is 0 Å². The molecule has 0 radical (unpaired) electrons. The Balaban J connectivity index is 1.76. The van der Waals surface area contributed by atoms with Gasteiger partial charge in [0.15, 0.2) is 0 Å². The number of rotatable bonds is 0. The van der Waals surface area contributed by atoms with Crippen LogP contribution in [0.4, 0.5) is 0 Å². The van der Waals surface area contributed by atoms with E-state index in [0.29, 0.717) is 11.8 Å². The number of aliphatic hydroxyl groups is 2. The lowest BCUT2D eigenvalue weighted by atomic mass is 9.43. The van der Waals surface area contributed by atoms with Gasteiger partial charge >= 0.3 is 0 Å². The molecule has 4 rings (SSSR count). The average molecular weight is 331 g/mol. The van der Waals surface area contributed by atoms with Gasteiger partial charge in [0.1, 0.15) is 0 Å². The van der Waals surface area contributed by atoms with Crippen LogP contribution in [0.3, 0.4) is 0 Å². The standard InChI is InChI=1S/C22H34O2/c1-5-16-19(24)13-22(4)18-7-6-14-12-15(23)8-10-20(14,2)17(18)9-11-21(16,22)3/h5-6,15,17-19,23-24H,7-13H2,1-4H3/b16-5-/t15-,17?,18?,19?,20-,21+,22-/m0/s1. The molecule has 7 atom stereocenters. The van der Waals surface area contributed by atoms with Crippen LogP contribution in [0.15, 0.2) is 23.3 Å². The molecule has 0 aliphatic heterocycles. The van der Waals surface area contributed by atoms with Crippen LogP contribution in [0.25, 0.3) is 0 Å². The van der Waals surface area contributed by atoms with Gasteiger partial charge in [-0.1, -0.05) is 38.5 Å². The highest BCUT2D eigenvalue weighted by Crippen LogP contribution is 2.71. The summed E-state index contributed by atoms with van der Waals surface area (Å²) >= 11 is 0. The third-order valence-electron chi connectivity index (χ3n) is 9.07. The van der Waals surface area contributed by atoms with E-state index in [4.69, 9.17) is 0 Å². The van der Waals surface area contributed by atoms with Crippen molar-refractivity contribution in [3.05, 3.63) is 23.3 Å². The van der Waals surface area contributed by atoms with Gasteiger partial charge in [-0.3, -0.25) is 0 Å². The molecule has 0 aromatic rings. The smallest absolute Gasteiger partial charge is 0.0761 e. The molecule has 134 valence electrons. The van der Waals surface area contributed by atoms with Crippen LogP contribution in [0.2, 0.25) is 0 Å². The van der Waals surface area contributed by atoms with E-state index in [-0.39, 0.29) is 28.5 Å². The zero-order chi connectivity index (χ0) is 17.3. The molecule has 2 N–H and O–H groups in total. The van der Waals surface area contributed by atoms with Gasteiger partial charge in [-0.15, -0.1) is 0 Å². The molecule has 0 saturated heterocycles. The summed E-state index contributed by atoms with van der Waals surface area (Å²) in [5.41, 5.74) is 3.44. The summed E-state index contributed by atoms with van der Waals surface area (Å²) in [7, 11) is 0. The van der Waals surface area contributed by atoms with Gasteiger partial charge in [0.2, 0.25) is 0 Å². The van der Waals surface area contributed by atoms with Crippen LogP contribution in [0.1, 0.15) is 72.6 Å². The first-order chi connectivity index (χ1) is 11.3. The second-order valence-electron chi connectivity index (χ2n) is 9.74. The normalized spacial score (nSPS) is 55.6.